The molecule has 1 heterocycles. The highest BCUT2D eigenvalue weighted by molar-refractivity contribution is 5.80. The summed E-state index contributed by atoms with van der Waals surface area (Å²) in [5.41, 5.74) is 2.86. The molecule has 4 heteroatoms. The second kappa shape index (κ2) is 3.83. The number of aromatic nitrogens is 2. The Kier molecular flexibility index (Phi) is 2.40. The van der Waals surface area contributed by atoms with Crippen LogP contribution in [0.4, 0.5) is 0 Å². The average molecular weight is 244 g/mol. The van der Waals surface area contributed by atoms with Crippen molar-refractivity contribution in [2.75, 3.05) is 0 Å². The van der Waals surface area contributed by atoms with Gasteiger partial charge in [-0.2, -0.15) is 0 Å². The van der Waals surface area contributed by atoms with E-state index in [0.717, 1.165) is 18.4 Å². The Morgan fingerprint density at radius 1 is 0.944 bits per heavy atom. The van der Waals surface area contributed by atoms with Crippen molar-refractivity contribution in [2.24, 2.45) is 14.1 Å². The van der Waals surface area contributed by atoms with Gasteiger partial charge in [-0.25, -0.2) is 4.79 Å². The van der Waals surface area contributed by atoms with Crippen LogP contribution in [0.3, 0.4) is 0 Å². The van der Waals surface area contributed by atoms with E-state index in [1.165, 1.54) is 35.6 Å². The summed E-state index contributed by atoms with van der Waals surface area (Å²) in [5, 5.41) is 0.653. The number of aryl methyl sites for hydroxylation is 3. The summed E-state index contributed by atoms with van der Waals surface area (Å²) >= 11 is 0. The third kappa shape index (κ3) is 1.45. The maximum atomic E-state index is 12.1. The van der Waals surface area contributed by atoms with Crippen molar-refractivity contribution in [2.45, 2.75) is 25.7 Å². The van der Waals surface area contributed by atoms with E-state index in [2.05, 4.69) is 0 Å². The van der Waals surface area contributed by atoms with Crippen molar-refractivity contribution < 1.29 is 0 Å². The van der Waals surface area contributed by atoms with E-state index >= 15 is 0 Å². The Labute approximate surface area is 104 Å². The molecule has 0 N–H and O–H groups in total. The zero-order valence-electron chi connectivity index (χ0n) is 10.7. The molecule has 2 aromatic rings. The van der Waals surface area contributed by atoms with E-state index in [9.17, 15) is 9.59 Å². The van der Waals surface area contributed by atoms with E-state index in [1.807, 2.05) is 12.1 Å². The fraction of sp³-hybridized carbons (Fsp3) is 0.429. The fourth-order valence-corrected chi connectivity index (χ4v) is 2.82. The third-order valence-electron chi connectivity index (χ3n) is 3.93. The molecular formula is C14H16N2O2. The molecule has 0 bridgehead atoms. The van der Waals surface area contributed by atoms with Gasteiger partial charge in [0.05, 0.1) is 10.9 Å². The lowest BCUT2D eigenvalue weighted by Crippen LogP contribution is -2.37. The maximum absolute atomic E-state index is 12.1. The largest absolute Gasteiger partial charge is 0.330 e. The number of hydrogen-bond acceptors (Lipinski definition) is 2. The summed E-state index contributed by atoms with van der Waals surface area (Å²) in [4.78, 5) is 24.0. The van der Waals surface area contributed by atoms with Gasteiger partial charge in [-0.05, 0) is 48.9 Å². The summed E-state index contributed by atoms with van der Waals surface area (Å²) in [6.45, 7) is 0. The van der Waals surface area contributed by atoms with Crippen LogP contribution in [0, 0.1) is 0 Å². The van der Waals surface area contributed by atoms with Crippen molar-refractivity contribution >= 4 is 10.9 Å². The highest BCUT2D eigenvalue weighted by atomic mass is 16.2. The number of nitrogens with zero attached hydrogens (tertiary/aromatic N) is 2. The first-order chi connectivity index (χ1) is 8.59. The Morgan fingerprint density at radius 3 is 2.22 bits per heavy atom. The second-order valence-corrected chi connectivity index (χ2v) is 5.05. The standard InChI is InChI=1S/C14H16N2O2/c1-15-12-8-10-6-4-3-5-9(10)7-11(12)13(17)16(2)14(15)18/h7-8H,3-6H2,1-2H3. The lowest BCUT2D eigenvalue weighted by molar-refractivity contribution is 0.681. The topological polar surface area (TPSA) is 44.0 Å². The van der Waals surface area contributed by atoms with Crippen LogP contribution in [0.15, 0.2) is 21.7 Å². The minimum atomic E-state index is -0.261. The van der Waals surface area contributed by atoms with Crippen LogP contribution in [0.25, 0.3) is 10.9 Å². The summed E-state index contributed by atoms with van der Waals surface area (Å²) in [7, 11) is 3.25. The van der Waals surface area contributed by atoms with Gasteiger partial charge in [0.1, 0.15) is 0 Å². The normalized spacial score (nSPS) is 14.8. The first-order valence-electron chi connectivity index (χ1n) is 6.31. The molecule has 1 aromatic heterocycles. The van der Waals surface area contributed by atoms with Gasteiger partial charge in [-0.3, -0.25) is 13.9 Å². The molecule has 0 unspecified atom stereocenters. The zero-order chi connectivity index (χ0) is 12.9. The minimum Gasteiger partial charge on any atom is -0.296 e. The summed E-state index contributed by atoms with van der Waals surface area (Å²) in [5.74, 6) is 0. The van der Waals surface area contributed by atoms with E-state index in [1.54, 1.807) is 11.6 Å². The van der Waals surface area contributed by atoms with E-state index < -0.39 is 0 Å². The van der Waals surface area contributed by atoms with Crippen molar-refractivity contribution in [3.63, 3.8) is 0 Å². The molecule has 1 aliphatic rings. The highest BCUT2D eigenvalue weighted by Crippen LogP contribution is 2.24. The van der Waals surface area contributed by atoms with Gasteiger partial charge in [0, 0.05) is 14.1 Å². The number of hydrogen-bond donors (Lipinski definition) is 0. The van der Waals surface area contributed by atoms with Gasteiger partial charge in [0.25, 0.3) is 5.56 Å². The van der Waals surface area contributed by atoms with Crippen LogP contribution in [-0.4, -0.2) is 9.13 Å². The number of fused-ring (bicyclic) bond motifs is 2. The van der Waals surface area contributed by atoms with E-state index in [4.69, 9.17) is 0 Å². The quantitative estimate of drug-likeness (QED) is 0.697. The first-order valence-corrected chi connectivity index (χ1v) is 6.31. The fourth-order valence-electron chi connectivity index (χ4n) is 2.82. The zero-order valence-corrected chi connectivity index (χ0v) is 10.7. The van der Waals surface area contributed by atoms with Crippen molar-refractivity contribution in [1.82, 2.24) is 9.13 Å². The van der Waals surface area contributed by atoms with Crippen LogP contribution in [0.2, 0.25) is 0 Å². The molecule has 0 saturated carbocycles. The Hall–Kier alpha value is -1.84. The monoisotopic (exact) mass is 244 g/mol. The predicted molar refractivity (Wildman–Crippen MR) is 71.1 cm³/mol. The molecule has 0 aliphatic heterocycles. The van der Waals surface area contributed by atoms with Gasteiger partial charge in [0.2, 0.25) is 0 Å². The van der Waals surface area contributed by atoms with Crippen LogP contribution in [0.1, 0.15) is 24.0 Å². The van der Waals surface area contributed by atoms with Gasteiger partial charge in [-0.15, -0.1) is 0 Å². The van der Waals surface area contributed by atoms with Crippen molar-refractivity contribution in [3.8, 4) is 0 Å². The van der Waals surface area contributed by atoms with Crippen LogP contribution >= 0.6 is 0 Å². The van der Waals surface area contributed by atoms with Crippen molar-refractivity contribution in [3.05, 3.63) is 44.1 Å². The predicted octanol–water partition coefficient (Wildman–Crippen LogP) is 1.12. The molecule has 18 heavy (non-hydrogen) atoms. The SMILES string of the molecule is Cn1c(=O)c2cc3c(cc2n(C)c1=O)CCCC3. The smallest absolute Gasteiger partial charge is 0.296 e. The molecular weight excluding hydrogens is 228 g/mol. The molecule has 1 aromatic carbocycles. The van der Waals surface area contributed by atoms with Gasteiger partial charge in [0.15, 0.2) is 0 Å². The molecule has 0 spiro atoms. The van der Waals surface area contributed by atoms with Gasteiger partial charge >= 0.3 is 5.69 Å². The Balaban J connectivity index is 2.48. The lowest BCUT2D eigenvalue weighted by Gasteiger charge is -2.17. The van der Waals surface area contributed by atoms with Crippen LogP contribution < -0.4 is 11.2 Å². The molecule has 0 saturated heterocycles. The highest BCUT2D eigenvalue weighted by Gasteiger charge is 2.14. The van der Waals surface area contributed by atoms with Crippen LogP contribution in [0.5, 0.6) is 0 Å². The Morgan fingerprint density at radius 2 is 1.56 bits per heavy atom. The third-order valence-corrected chi connectivity index (χ3v) is 3.93. The molecule has 0 fully saturated rings. The van der Waals surface area contributed by atoms with Crippen LogP contribution in [-0.2, 0) is 26.9 Å². The molecule has 4 nitrogen and oxygen atoms in total. The van der Waals surface area contributed by atoms with Crippen molar-refractivity contribution in [1.29, 1.82) is 0 Å². The second-order valence-electron chi connectivity index (χ2n) is 5.05. The first kappa shape index (κ1) is 11.3. The molecule has 1 aliphatic carbocycles. The Bertz CT molecular complexity index is 753. The summed E-state index contributed by atoms with van der Waals surface area (Å²) in [6, 6.07) is 4.00. The molecule has 0 atom stereocenters. The molecule has 0 amide bonds. The summed E-state index contributed by atoms with van der Waals surface area (Å²) < 4.78 is 2.74. The van der Waals surface area contributed by atoms with Gasteiger partial charge < -0.3 is 0 Å². The molecule has 0 radical (unpaired) electrons. The summed E-state index contributed by atoms with van der Waals surface area (Å²) in [6.07, 6.45) is 4.47. The minimum absolute atomic E-state index is 0.193. The number of rotatable bonds is 0. The van der Waals surface area contributed by atoms with E-state index in [-0.39, 0.29) is 11.2 Å². The molecule has 3 rings (SSSR count). The van der Waals surface area contributed by atoms with E-state index in [0.29, 0.717) is 5.39 Å². The molecule has 94 valence electrons. The average Bonchev–Trinajstić information content (AvgIpc) is 2.41. The number of benzene rings is 1. The van der Waals surface area contributed by atoms with Gasteiger partial charge in [-0.1, -0.05) is 0 Å². The maximum Gasteiger partial charge on any atom is 0.330 e. The lowest BCUT2D eigenvalue weighted by atomic mass is 9.90.